The second-order valence-corrected chi connectivity index (χ2v) is 14.1. The largest absolute Gasteiger partial charge is 0.309 e. The summed E-state index contributed by atoms with van der Waals surface area (Å²) in [7, 11) is 0. The summed E-state index contributed by atoms with van der Waals surface area (Å²) in [5.41, 5.74) is 15.4. The van der Waals surface area contributed by atoms with Gasteiger partial charge in [-0.2, -0.15) is 0 Å². The first-order valence-corrected chi connectivity index (χ1v) is 17.8. The monoisotopic (exact) mass is 666 g/mol. The van der Waals surface area contributed by atoms with Crippen LogP contribution in [0, 0.1) is 0 Å². The predicted molar refractivity (Wildman–Crippen MR) is 213 cm³/mol. The van der Waals surface area contributed by atoms with Crippen LogP contribution in [0.1, 0.15) is 25.0 Å². The third kappa shape index (κ3) is 4.72. The van der Waals surface area contributed by atoms with Gasteiger partial charge in [0.1, 0.15) is 0 Å². The Morgan fingerprint density at radius 2 is 1.12 bits per heavy atom. The van der Waals surface area contributed by atoms with Crippen molar-refractivity contribution in [2.45, 2.75) is 19.3 Å². The van der Waals surface area contributed by atoms with Crippen LogP contribution in [-0.2, 0) is 5.41 Å². The minimum atomic E-state index is -0.251. The summed E-state index contributed by atoms with van der Waals surface area (Å²) < 4.78 is 2.36. The first kappa shape index (κ1) is 30.2. The Kier molecular flexibility index (Phi) is 6.80. The lowest BCUT2D eigenvalue weighted by molar-refractivity contribution is 0.658. The molecule has 0 aliphatic heterocycles. The minimum absolute atomic E-state index is 0.251. The average Bonchev–Trinajstić information content (AvgIpc) is 3.66. The Balaban J connectivity index is 1.08. The van der Waals surface area contributed by atoms with Gasteiger partial charge >= 0.3 is 0 Å². The number of hydrogen-bond acceptors (Lipinski definition) is 3. The number of nitrogens with zero attached hydrogens (tertiary/aromatic N) is 4. The van der Waals surface area contributed by atoms with Crippen molar-refractivity contribution in [1.82, 2.24) is 19.5 Å². The SMILES string of the molecule is CC1(C)c2ccccc2-c2nc(-c3ccc(-c4ccccn4)cc3)nc(-c3ccc(-c4ccc5c(c4)c4ccccc4n5-c4ccccc4)cc3)c21. The highest BCUT2D eigenvalue weighted by molar-refractivity contribution is 6.10. The summed E-state index contributed by atoms with van der Waals surface area (Å²) in [6.45, 7) is 4.59. The second kappa shape index (κ2) is 11.7. The zero-order chi connectivity index (χ0) is 34.8. The minimum Gasteiger partial charge on any atom is -0.309 e. The van der Waals surface area contributed by atoms with Crippen LogP contribution in [0.4, 0.5) is 0 Å². The molecule has 0 amide bonds. The summed E-state index contributed by atoms with van der Waals surface area (Å²) in [5.74, 6) is 0.721. The molecule has 10 rings (SSSR count). The molecule has 1 aliphatic carbocycles. The Bertz CT molecular complexity index is 2780. The maximum atomic E-state index is 5.35. The van der Waals surface area contributed by atoms with Gasteiger partial charge in [-0.15, -0.1) is 0 Å². The molecule has 0 spiro atoms. The highest BCUT2D eigenvalue weighted by Gasteiger charge is 2.40. The van der Waals surface area contributed by atoms with Crippen LogP contribution in [-0.4, -0.2) is 19.5 Å². The van der Waals surface area contributed by atoms with E-state index in [0.29, 0.717) is 0 Å². The molecule has 6 aromatic carbocycles. The Morgan fingerprint density at radius 3 is 1.92 bits per heavy atom. The third-order valence-electron chi connectivity index (χ3n) is 10.7. The number of fused-ring (bicyclic) bond motifs is 6. The molecule has 0 saturated heterocycles. The van der Waals surface area contributed by atoms with Gasteiger partial charge in [-0.3, -0.25) is 4.98 Å². The van der Waals surface area contributed by atoms with Crippen LogP contribution in [0.25, 0.3) is 83.8 Å². The van der Waals surface area contributed by atoms with Crippen LogP contribution < -0.4 is 0 Å². The number of para-hydroxylation sites is 2. The molecule has 4 nitrogen and oxygen atoms in total. The zero-order valence-electron chi connectivity index (χ0n) is 29.0. The Morgan fingerprint density at radius 1 is 0.481 bits per heavy atom. The molecule has 0 fully saturated rings. The van der Waals surface area contributed by atoms with Gasteiger partial charge in [-0.25, -0.2) is 9.97 Å². The van der Waals surface area contributed by atoms with Gasteiger partial charge < -0.3 is 4.57 Å². The number of pyridine rings is 1. The number of rotatable bonds is 5. The summed E-state index contributed by atoms with van der Waals surface area (Å²) in [6, 6.07) is 58.1. The summed E-state index contributed by atoms with van der Waals surface area (Å²) >= 11 is 0. The molecule has 3 heterocycles. The Labute approximate surface area is 302 Å². The van der Waals surface area contributed by atoms with E-state index in [1.165, 1.54) is 49.6 Å². The normalized spacial score (nSPS) is 13.0. The van der Waals surface area contributed by atoms with E-state index in [4.69, 9.17) is 9.97 Å². The summed E-state index contributed by atoms with van der Waals surface area (Å²) in [6.07, 6.45) is 1.83. The molecule has 0 unspecified atom stereocenters. The lowest BCUT2D eigenvalue weighted by Gasteiger charge is -2.24. The lowest BCUT2D eigenvalue weighted by atomic mass is 9.80. The molecule has 3 aromatic heterocycles. The fraction of sp³-hybridized carbons (Fsp3) is 0.0625. The zero-order valence-corrected chi connectivity index (χ0v) is 29.0. The van der Waals surface area contributed by atoms with Crippen molar-refractivity contribution in [2.75, 3.05) is 0 Å². The van der Waals surface area contributed by atoms with E-state index >= 15 is 0 Å². The van der Waals surface area contributed by atoms with Crippen LogP contribution in [0.5, 0.6) is 0 Å². The van der Waals surface area contributed by atoms with E-state index in [9.17, 15) is 0 Å². The fourth-order valence-corrected chi connectivity index (χ4v) is 8.11. The molecule has 0 atom stereocenters. The van der Waals surface area contributed by atoms with Crippen LogP contribution in [0.15, 0.2) is 170 Å². The molecule has 4 heteroatoms. The fourth-order valence-electron chi connectivity index (χ4n) is 8.11. The van der Waals surface area contributed by atoms with Crippen molar-refractivity contribution in [3.63, 3.8) is 0 Å². The molecular formula is C48H34N4. The quantitative estimate of drug-likeness (QED) is 0.184. The average molecular weight is 667 g/mol. The standard InChI is InChI=1S/C48H34N4/c1-48(2)40-16-8-6-15-38(40)46-44(48)45(50-47(51-46)34-25-21-32(22-26-34)41-17-10-11-29-49-41)33-23-19-31(20-24-33)35-27-28-43-39(30-35)37-14-7-9-18-42(37)52(43)36-12-4-3-5-13-36/h3-30H,1-2H3. The molecule has 0 radical (unpaired) electrons. The molecule has 246 valence electrons. The lowest BCUT2D eigenvalue weighted by Crippen LogP contribution is -2.17. The van der Waals surface area contributed by atoms with Gasteiger partial charge in [0.25, 0.3) is 0 Å². The van der Waals surface area contributed by atoms with Crippen molar-refractivity contribution in [3.8, 4) is 62.0 Å². The van der Waals surface area contributed by atoms with Crippen LogP contribution in [0.3, 0.4) is 0 Å². The highest BCUT2D eigenvalue weighted by atomic mass is 15.0. The highest BCUT2D eigenvalue weighted by Crippen LogP contribution is 2.51. The number of benzene rings is 6. The Hall–Kier alpha value is -6.65. The van der Waals surface area contributed by atoms with E-state index in [1.54, 1.807) is 0 Å². The van der Waals surface area contributed by atoms with Crippen molar-refractivity contribution >= 4 is 21.8 Å². The first-order chi connectivity index (χ1) is 25.5. The second-order valence-electron chi connectivity index (χ2n) is 14.1. The summed E-state index contributed by atoms with van der Waals surface area (Å²) in [4.78, 5) is 15.1. The van der Waals surface area contributed by atoms with Gasteiger partial charge in [-0.05, 0) is 59.2 Å². The van der Waals surface area contributed by atoms with Crippen molar-refractivity contribution < 1.29 is 0 Å². The van der Waals surface area contributed by atoms with Gasteiger partial charge in [0.05, 0.1) is 28.1 Å². The molecular weight excluding hydrogens is 633 g/mol. The molecule has 1 aliphatic rings. The smallest absolute Gasteiger partial charge is 0.160 e. The maximum Gasteiger partial charge on any atom is 0.160 e. The van der Waals surface area contributed by atoms with E-state index < -0.39 is 0 Å². The van der Waals surface area contributed by atoms with Crippen LogP contribution in [0.2, 0.25) is 0 Å². The van der Waals surface area contributed by atoms with E-state index in [1.807, 2.05) is 24.4 Å². The van der Waals surface area contributed by atoms with Crippen molar-refractivity contribution in [2.24, 2.45) is 0 Å². The topological polar surface area (TPSA) is 43.6 Å². The third-order valence-corrected chi connectivity index (χ3v) is 10.7. The van der Waals surface area contributed by atoms with Gasteiger partial charge in [0.2, 0.25) is 0 Å². The molecule has 0 saturated carbocycles. The molecule has 52 heavy (non-hydrogen) atoms. The molecule has 0 bridgehead atoms. The van der Waals surface area contributed by atoms with Crippen LogP contribution >= 0.6 is 0 Å². The number of aromatic nitrogens is 4. The van der Waals surface area contributed by atoms with E-state index in [2.05, 4.69) is 169 Å². The van der Waals surface area contributed by atoms with Gasteiger partial charge in [-0.1, -0.05) is 135 Å². The summed E-state index contributed by atoms with van der Waals surface area (Å²) in [5, 5.41) is 2.49. The first-order valence-electron chi connectivity index (χ1n) is 17.8. The molecule has 0 N–H and O–H groups in total. The predicted octanol–water partition coefficient (Wildman–Crippen LogP) is 11.9. The van der Waals surface area contributed by atoms with Gasteiger partial charge in [0, 0.05) is 55.9 Å². The van der Waals surface area contributed by atoms with E-state index in [0.717, 1.165) is 45.3 Å². The number of hydrogen-bond donors (Lipinski definition) is 0. The van der Waals surface area contributed by atoms with E-state index in [-0.39, 0.29) is 5.41 Å². The molecule has 9 aromatic rings. The van der Waals surface area contributed by atoms with Crippen molar-refractivity contribution in [1.29, 1.82) is 0 Å². The van der Waals surface area contributed by atoms with Gasteiger partial charge in [0.15, 0.2) is 5.82 Å². The maximum absolute atomic E-state index is 5.35. The van der Waals surface area contributed by atoms with Crippen molar-refractivity contribution in [3.05, 3.63) is 181 Å².